The summed E-state index contributed by atoms with van der Waals surface area (Å²) in [6, 6.07) is 9.89. The van der Waals surface area contributed by atoms with Crippen LogP contribution < -0.4 is 10.6 Å². The number of halogens is 1. The van der Waals surface area contributed by atoms with Crippen molar-refractivity contribution in [3.05, 3.63) is 59.3 Å². The van der Waals surface area contributed by atoms with Crippen LogP contribution in [-0.4, -0.2) is 40.4 Å². The van der Waals surface area contributed by atoms with Gasteiger partial charge in [0.2, 0.25) is 0 Å². The molecule has 0 unspecified atom stereocenters. The largest absolute Gasteiger partial charge is 0.383 e. The molecule has 27 heavy (non-hydrogen) atoms. The smallest absolute Gasteiger partial charge is 0.156 e. The Labute approximate surface area is 156 Å². The average Bonchev–Trinajstić information content (AvgIpc) is 3.06. The van der Waals surface area contributed by atoms with Crippen LogP contribution in [0.3, 0.4) is 0 Å². The second-order valence-electron chi connectivity index (χ2n) is 5.86. The van der Waals surface area contributed by atoms with Crippen LogP contribution in [-0.2, 0) is 4.74 Å². The standard InChI is InChI=1S/C19H21FN6O/c1-13-11-19(26-25-13)24-18-12-17(21-9-10-27-2)22-16(23-18)8-5-14-3-6-15(20)7-4-14/h3-8,11-12H,9-10H2,1-2H3,(H3,21,22,23,24,25,26). The first-order chi connectivity index (χ1) is 13.1. The van der Waals surface area contributed by atoms with E-state index >= 15 is 0 Å². The molecule has 0 saturated carbocycles. The summed E-state index contributed by atoms with van der Waals surface area (Å²) in [5.41, 5.74) is 1.80. The average molecular weight is 368 g/mol. The topological polar surface area (TPSA) is 87.8 Å². The third kappa shape index (κ3) is 5.61. The van der Waals surface area contributed by atoms with Gasteiger partial charge in [-0.2, -0.15) is 5.10 Å². The monoisotopic (exact) mass is 368 g/mol. The number of benzene rings is 1. The van der Waals surface area contributed by atoms with Crippen LogP contribution in [0.1, 0.15) is 17.1 Å². The first-order valence-corrected chi connectivity index (χ1v) is 8.47. The fraction of sp³-hybridized carbons (Fsp3) is 0.211. The molecule has 0 bridgehead atoms. The lowest BCUT2D eigenvalue weighted by atomic mass is 10.2. The molecular formula is C19H21FN6O. The van der Waals surface area contributed by atoms with E-state index in [1.165, 1.54) is 12.1 Å². The van der Waals surface area contributed by atoms with Gasteiger partial charge in [-0.05, 0) is 30.7 Å². The van der Waals surface area contributed by atoms with Gasteiger partial charge in [0.1, 0.15) is 17.5 Å². The Morgan fingerprint density at radius 1 is 1.07 bits per heavy atom. The maximum absolute atomic E-state index is 13.0. The molecule has 0 amide bonds. The van der Waals surface area contributed by atoms with Crippen LogP contribution in [0.15, 0.2) is 36.4 Å². The van der Waals surface area contributed by atoms with Crippen molar-refractivity contribution in [1.82, 2.24) is 20.2 Å². The molecule has 1 aromatic carbocycles. The summed E-state index contributed by atoms with van der Waals surface area (Å²) in [4.78, 5) is 8.97. The maximum atomic E-state index is 13.0. The molecule has 3 aromatic rings. The van der Waals surface area contributed by atoms with Crippen LogP contribution in [0.25, 0.3) is 12.2 Å². The summed E-state index contributed by atoms with van der Waals surface area (Å²) in [5, 5.41) is 13.4. The predicted octanol–water partition coefficient (Wildman–Crippen LogP) is 3.62. The van der Waals surface area contributed by atoms with Gasteiger partial charge in [-0.3, -0.25) is 5.10 Å². The van der Waals surface area contributed by atoms with Gasteiger partial charge >= 0.3 is 0 Å². The third-order valence-corrected chi connectivity index (χ3v) is 3.61. The lowest BCUT2D eigenvalue weighted by Gasteiger charge is -2.09. The third-order valence-electron chi connectivity index (χ3n) is 3.61. The Bertz CT molecular complexity index is 907. The molecule has 2 aromatic heterocycles. The Morgan fingerprint density at radius 3 is 2.56 bits per heavy atom. The van der Waals surface area contributed by atoms with E-state index in [2.05, 4.69) is 30.8 Å². The number of H-pyrrole nitrogens is 1. The first-order valence-electron chi connectivity index (χ1n) is 8.47. The molecule has 0 radical (unpaired) electrons. The predicted molar refractivity (Wildman–Crippen MR) is 104 cm³/mol. The van der Waals surface area contributed by atoms with E-state index in [9.17, 15) is 4.39 Å². The summed E-state index contributed by atoms with van der Waals surface area (Å²) in [5.74, 6) is 2.18. The Balaban J connectivity index is 1.82. The van der Waals surface area contributed by atoms with E-state index in [4.69, 9.17) is 4.74 Å². The van der Waals surface area contributed by atoms with Gasteiger partial charge in [-0.15, -0.1) is 0 Å². The van der Waals surface area contributed by atoms with Crippen molar-refractivity contribution >= 4 is 29.6 Å². The minimum Gasteiger partial charge on any atom is -0.383 e. The first kappa shape index (κ1) is 18.5. The SMILES string of the molecule is COCCNc1cc(Nc2cc(C)[nH]n2)nc(C=Cc2ccc(F)cc2)n1. The Morgan fingerprint density at radius 2 is 1.85 bits per heavy atom. The number of ether oxygens (including phenoxy) is 1. The van der Waals surface area contributed by atoms with Gasteiger partial charge in [0.15, 0.2) is 11.6 Å². The second kappa shape index (κ2) is 8.91. The number of aryl methyl sites for hydroxylation is 1. The zero-order valence-electron chi connectivity index (χ0n) is 15.2. The summed E-state index contributed by atoms with van der Waals surface area (Å²) in [6.45, 7) is 3.11. The van der Waals surface area contributed by atoms with Gasteiger partial charge in [-0.1, -0.05) is 18.2 Å². The Kier molecular flexibility index (Phi) is 6.11. The molecule has 3 N–H and O–H groups in total. The number of anilines is 3. The molecule has 0 spiro atoms. The summed E-state index contributed by atoms with van der Waals surface area (Å²) in [7, 11) is 1.64. The molecule has 0 atom stereocenters. The van der Waals surface area contributed by atoms with Gasteiger partial charge in [-0.25, -0.2) is 14.4 Å². The van der Waals surface area contributed by atoms with Crippen molar-refractivity contribution in [2.75, 3.05) is 30.9 Å². The molecule has 140 valence electrons. The van der Waals surface area contributed by atoms with Crippen molar-refractivity contribution in [1.29, 1.82) is 0 Å². The molecule has 3 rings (SSSR count). The number of nitrogens with one attached hydrogen (secondary N) is 3. The summed E-state index contributed by atoms with van der Waals surface area (Å²) < 4.78 is 18.1. The van der Waals surface area contributed by atoms with Crippen LogP contribution in [0.4, 0.5) is 21.8 Å². The van der Waals surface area contributed by atoms with Crippen molar-refractivity contribution in [2.24, 2.45) is 0 Å². The lowest BCUT2D eigenvalue weighted by molar-refractivity contribution is 0.210. The quantitative estimate of drug-likeness (QED) is 0.527. The van der Waals surface area contributed by atoms with Gasteiger partial charge in [0.25, 0.3) is 0 Å². The molecule has 0 fully saturated rings. The number of hydrogen-bond donors (Lipinski definition) is 3. The lowest BCUT2D eigenvalue weighted by Crippen LogP contribution is -2.10. The van der Waals surface area contributed by atoms with Crippen molar-refractivity contribution < 1.29 is 9.13 Å². The molecule has 7 nitrogen and oxygen atoms in total. The molecule has 2 heterocycles. The van der Waals surface area contributed by atoms with E-state index < -0.39 is 0 Å². The summed E-state index contributed by atoms with van der Waals surface area (Å²) in [6.07, 6.45) is 3.60. The van der Waals surface area contributed by atoms with Crippen LogP contribution in [0.2, 0.25) is 0 Å². The highest BCUT2D eigenvalue weighted by Crippen LogP contribution is 2.18. The highest BCUT2D eigenvalue weighted by atomic mass is 19.1. The fourth-order valence-corrected chi connectivity index (χ4v) is 2.33. The number of aromatic amines is 1. The normalized spacial score (nSPS) is 11.1. The molecule has 0 aliphatic carbocycles. The zero-order chi connectivity index (χ0) is 19.1. The highest BCUT2D eigenvalue weighted by Gasteiger charge is 2.05. The van der Waals surface area contributed by atoms with Gasteiger partial charge in [0, 0.05) is 31.5 Å². The number of rotatable bonds is 8. The maximum Gasteiger partial charge on any atom is 0.156 e. The van der Waals surface area contributed by atoms with Crippen molar-refractivity contribution in [3.8, 4) is 0 Å². The number of methoxy groups -OCH3 is 1. The minimum atomic E-state index is -0.270. The molecule has 0 aliphatic heterocycles. The van der Waals surface area contributed by atoms with Crippen LogP contribution >= 0.6 is 0 Å². The van der Waals surface area contributed by atoms with Gasteiger partial charge < -0.3 is 15.4 Å². The fourth-order valence-electron chi connectivity index (χ4n) is 2.33. The minimum absolute atomic E-state index is 0.270. The summed E-state index contributed by atoms with van der Waals surface area (Å²) >= 11 is 0. The van der Waals surface area contributed by atoms with Gasteiger partial charge in [0.05, 0.1) is 6.61 Å². The molecule has 0 saturated heterocycles. The van der Waals surface area contributed by atoms with E-state index in [0.29, 0.717) is 36.4 Å². The van der Waals surface area contributed by atoms with Crippen molar-refractivity contribution in [3.63, 3.8) is 0 Å². The molecule has 0 aliphatic rings. The van der Waals surface area contributed by atoms with Crippen LogP contribution in [0, 0.1) is 12.7 Å². The highest BCUT2D eigenvalue weighted by molar-refractivity contribution is 5.68. The number of aromatic nitrogens is 4. The number of nitrogens with zero attached hydrogens (tertiary/aromatic N) is 3. The van der Waals surface area contributed by atoms with Crippen LogP contribution in [0.5, 0.6) is 0 Å². The van der Waals surface area contributed by atoms with E-state index in [1.807, 2.05) is 19.1 Å². The van der Waals surface area contributed by atoms with Crippen molar-refractivity contribution in [2.45, 2.75) is 6.92 Å². The second-order valence-corrected chi connectivity index (χ2v) is 5.86. The van der Waals surface area contributed by atoms with E-state index in [1.54, 1.807) is 31.4 Å². The molecular weight excluding hydrogens is 347 g/mol. The zero-order valence-corrected chi connectivity index (χ0v) is 15.2. The van der Waals surface area contributed by atoms with E-state index in [-0.39, 0.29) is 5.82 Å². The Hall–Kier alpha value is -3.26. The van der Waals surface area contributed by atoms with E-state index in [0.717, 1.165) is 11.3 Å². The number of hydrogen-bond acceptors (Lipinski definition) is 6. The molecule has 8 heteroatoms.